The normalized spacial score (nSPS) is 10.5. The summed E-state index contributed by atoms with van der Waals surface area (Å²) in [6.07, 6.45) is 0. The Balaban J connectivity index is 1.33. The van der Waals surface area contributed by atoms with Gasteiger partial charge < -0.3 is 19.2 Å². The summed E-state index contributed by atoms with van der Waals surface area (Å²) in [6.45, 7) is 0.490. The number of carbonyl (C=O) groups excluding carboxylic acids is 1. The molecule has 0 bridgehead atoms. The summed E-state index contributed by atoms with van der Waals surface area (Å²) < 4.78 is 16.7. The number of ether oxygens (including phenoxy) is 2. The lowest BCUT2D eigenvalue weighted by molar-refractivity contribution is 0.0953. The minimum Gasteiger partial charge on any atom is -0.496 e. The van der Waals surface area contributed by atoms with Gasteiger partial charge in [0.1, 0.15) is 23.7 Å². The second-order valence-corrected chi connectivity index (χ2v) is 7.10. The number of carbonyl (C=O) groups is 1. The SMILES string of the molecule is COc1cccc2oc(C(=O)NC(=S)Nc3ccc(OCc4ccccc4)cc3)cc12. The largest absolute Gasteiger partial charge is 0.496 e. The van der Waals surface area contributed by atoms with E-state index in [1.807, 2.05) is 54.6 Å². The Morgan fingerprint density at radius 2 is 1.77 bits per heavy atom. The summed E-state index contributed by atoms with van der Waals surface area (Å²) in [7, 11) is 1.57. The number of nitrogens with one attached hydrogen (secondary N) is 2. The van der Waals surface area contributed by atoms with Crippen LogP contribution in [0.15, 0.2) is 83.3 Å². The fourth-order valence-electron chi connectivity index (χ4n) is 3.03. The molecule has 3 aromatic carbocycles. The van der Waals surface area contributed by atoms with Crippen LogP contribution in [0.2, 0.25) is 0 Å². The van der Waals surface area contributed by atoms with Crippen LogP contribution in [-0.2, 0) is 6.61 Å². The van der Waals surface area contributed by atoms with Gasteiger partial charge in [-0.1, -0.05) is 36.4 Å². The topological polar surface area (TPSA) is 72.7 Å². The molecule has 4 aromatic rings. The number of furan rings is 1. The molecule has 0 radical (unpaired) electrons. The summed E-state index contributed by atoms with van der Waals surface area (Å²) in [5, 5.41) is 6.48. The first-order valence-electron chi connectivity index (χ1n) is 9.58. The summed E-state index contributed by atoms with van der Waals surface area (Å²) in [4.78, 5) is 12.5. The second-order valence-electron chi connectivity index (χ2n) is 6.69. The average Bonchev–Trinajstić information content (AvgIpc) is 3.24. The number of amides is 1. The Bertz CT molecular complexity index is 1200. The van der Waals surface area contributed by atoms with E-state index in [0.29, 0.717) is 17.9 Å². The maximum Gasteiger partial charge on any atom is 0.293 e. The molecule has 0 saturated heterocycles. The molecule has 0 spiro atoms. The first-order chi connectivity index (χ1) is 15.1. The van der Waals surface area contributed by atoms with Crippen LogP contribution >= 0.6 is 12.2 Å². The van der Waals surface area contributed by atoms with E-state index in [1.165, 1.54) is 0 Å². The smallest absolute Gasteiger partial charge is 0.293 e. The highest BCUT2D eigenvalue weighted by molar-refractivity contribution is 7.80. The van der Waals surface area contributed by atoms with Crippen molar-refractivity contribution in [3.8, 4) is 11.5 Å². The van der Waals surface area contributed by atoms with Gasteiger partial charge in [-0.15, -0.1) is 0 Å². The standard InChI is InChI=1S/C24H20N2O4S/c1-28-20-8-5-9-21-19(20)14-22(30-21)23(27)26-24(31)25-17-10-12-18(13-11-17)29-15-16-6-3-2-4-7-16/h2-14H,15H2,1H3,(H2,25,26,27,31). The molecule has 1 aromatic heterocycles. The molecular weight excluding hydrogens is 412 g/mol. The Hall–Kier alpha value is -3.84. The van der Waals surface area contributed by atoms with Gasteiger partial charge in [-0.25, -0.2) is 0 Å². The quantitative estimate of drug-likeness (QED) is 0.411. The van der Waals surface area contributed by atoms with Crippen molar-refractivity contribution in [2.75, 3.05) is 12.4 Å². The summed E-state index contributed by atoms with van der Waals surface area (Å²) in [6, 6.07) is 24.3. The first-order valence-corrected chi connectivity index (χ1v) is 9.99. The molecule has 1 amide bonds. The summed E-state index contributed by atoms with van der Waals surface area (Å²) >= 11 is 5.25. The Morgan fingerprint density at radius 1 is 1.00 bits per heavy atom. The average molecular weight is 433 g/mol. The van der Waals surface area contributed by atoms with E-state index in [-0.39, 0.29) is 10.9 Å². The highest BCUT2D eigenvalue weighted by Crippen LogP contribution is 2.28. The van der Waals surface area contributed by atoms with E-state index in [2.05, 4.69) is 10.6 Å². The van der Waals surface area contributed by atoms with E-state index < -0.39 is 5.91 Å². The van der Waals surface area contributed by atoms with Crippen molar-refractivity contribution in [1.82, 2.24) is 5.32 Å². The van der Waals surface area contributed by atoms with Gasteiger partial charge in [0.15, 0.2) is 10.9 Å². The van der Waals surface area contributed by atoms with Crippen LogP contribution in [0.5, 0.6) is 11.5 Å². The fourth-order valence-corrected chi connectivity index (χ4v) is 3.24. The molecule has 0 aliphatic heterocycles. The van der Waals surface area contributed by atoms with Crippen LogP contribution in [0.3, 0.4) is 0 Å². The van der Waals surface area contributed by atoms with Crippen molar-refractivity contribution in [2.24, 2.45) is 0 Å². The molecule has 0 atom stereocenters. The van der Waals surface area contributed by atoms with Gasteiger partial charge in [0.05, 0.1) is 12.5 Å². The van der Waals surface area contributed by atoms with Crippen molar-refractivity contribution < 1.29 is 18.7 Å². The van der Waals surface area contributed by atoms with Crippen LogP contribution in [0.25, 0.3) is 11.0 Å². The molecule has 1 heterocycles. The lowest BCUT2D eigenvalue weighted by Gasteiger charge is -2.10. The number of fused-ring (bicyclic) bond motifs is 1. The number of methoxy groups -OCH3 is 1. The van der Waals surface area contributed by atoms with Crippen molar-refractivity contribution in [3.63, 3.8) is 0 Å². The third kappa shape index (κ3) is 5.02. The monoisotopic (exact) mass is 432 g/mol. The van der Waals surface area contributed by atoms with Gasteiger partial charge in [0, 0.05) is 11.8 Å². The van der Waals surface area contributed by atoms with Crippen LogP contribution in [0.4, 0.5) is 5.69 Å². The molecule has 0 aliphatic rings. The minimum atomic E-state index is -0.446. The molecule has 4 rings (SSSR count). The van der Waals surface area contributed by atoms with Gasteiger partial charge in [-0.3, -0.25) is 10.1 Å². The number of thiocarbonyl (C=S) groups is 1. The maximum atomic E-state index is 12.5. The molecule has 2 N–H and O–H groups in total. The third-order valence-corrected chi connectivity index (χ3v) is 4.76. The lowest BCUT2D eigenvalue weighted by atomic mass is 10.2. The van der Waals surface area contributed by atoms with Crippen molar-refractivity contribution in [1.29, 1.82) is 0 Å². The molecule has 0 aliphatic carbocycles. The summed E-state index contributed by atoms with van der Waals surface area (Å²) in [5.74, 6) is 1.07. The van der Waals surface area contributed by atoms with Crippen LogP contribution in [-0.4, -0.2) is 18.1 Å². The highest BCUT2D eigenvalue weighted by Gasteiger charge is 2.16. The number of anilines is 1. The second kappa shape index (κ2) is 9.32. The molecule has 0 saturated carbocycles. The number of benzene rings is 3. The van der Waals surface area contributed by atoms with Gasteiger partial charge in [0.2, 0.25) is 0 Å². The number of rotatable bonds is 6. The Labute approximate surface area is 184 Å². The third-order valence-electron chi connectivity index (χ3n) is 4.55. The molecule has 6 nitrogen and oxygen atoms in total. The Morgan fingerprint density at radius 3 is 2.52 bits per heavy atom. The zero-order valence-electron chi connectivity index (χ0n) is 16.8. The first kappa shape index (κ1) is 20.4. The molecular formula is C24H20N2O4S. The number of hydrogen-bond acceptors (Lipinski definition) is 5. The van der Waals surface area contributed by atoms with Crippen LogP contribution in [0, 0.1) is 0 Å². The van der Waals surface area contributed by atoms with E-state index in [1.54, 1.807) is 31.4 Å². The highest BCUT2D eigenvalue weighted by atomic mass is 32.1. The zero-order chi connectivity index (χ0) is 21.6. The van der Waals surface area contributed by atoms with Crippen molar-refractivity contribution in [2.45, 2.75) is 6.61 Å². The van der Waals surface area contributed by atoms with Crippen LogP contribution in [0.1, 0.15) is 16.1 Å². The van der Waals surface area contributed by atoms with Gasteiger partial charge in [-0.05, 0) is 54.2 Å². The predicted molar refractivity (Wildman–Crippen MR) is 124 cm³/mol. The van der Waals surface area contributed by atoms with Crippen molar-refractivity contribution in [3.05, 3.63) is 90.2 Å². The van der Waals surface area contributed by atoms with Gasteiger partial charge in [0.25, 0.3) is 5.91 Å². The molecule has 0 unspecified atom stereocenters. The minimum absolute atomic E-state index is 0.147. The maximum absolute atomic E-state index is 12.5. The molecule has 0 fully saturated rings. The number of hydrogen-bond donors (Lipinski definition) is 2. The van der Waals surface area contributed by atoms with Crippen LogP contribution < -0.4 is 20.1 Å². The van der Waals surface area contributed by atoms with E-state index in [9.17, 15) is 4.79 Å². The van der Waals surface area contributed by atoms with E-state index in [4.69, 9.17) is 26.1 Å². The van der Waals surface area contributed by atoms with E-state index >= 15 is 0 Å². The van der Waals surface area contributed by atoms with Gasteiger partial charge in [-0.2, -0.15) is 0 Å². The van der Waals surface area contributed by atoms with E-state index in [0.717, 1.165) is 22.4 Å². The fraction of sp³-hybridized carbons (Fsp3) is 0.0833. The van der Waals surface area contributed by atoms with Crippen molar-refractivity contribution >= 4 is 39.9 Å². The molecule has 7 heteroatoms. The van der Waals surface area contributed by atoms with Gasteiger partial charge >= 0.3 is 0 Å². The summed E-state index contributed by atoms with van der Waals surface area (Å²) in [5.41, 5.74) is 2.38. The Kier molecular flexibility index (Phi) is 6.14. The zero-order valence-corrected chi connectivity index (χ0v) is 17.6. The lowest BCUT2D eigenvalue weighted by Crippen LogP contribution is -2.33. The molecule has 156 valence electrons. The predicted octanol–water partition coefficient (Wildman–Crippen LogP) is 5.15. The molecule has 31 heavy (non-hydrogen) atoms.